The number of nitrogens with one attached hydrogen (secondary N) is 2. The van der Waals surface area contributed by atoms with Crippen molar-refractivity contribution in [2.24, 2.45) is 0 Å². The molecule has 0 spiro atoms. The van der Waals surface area contributed by atoms with E-state index in [-0.39, 0.29) is 18.6 Å². The van der Waals surface area contributed by atoms with Gasteiger partial charge in [-0.2, -0.15) is 0 Å². The van der Waals surface area contributed by atoms with Crippen LogP contribution in [0.1, 0.15) is 19.8 Å². The predicted octanol–water partition coefficient (Wildman–Crippen LogP) is 4.25. The first-order valence-electron chi connectivity index (χ1n) is 9.85. The lowest BCUT2D eigenvalue weighted by molar-refractivity contribution is -0.114. The zero-order valence-corrected chi connectivity index (χ0v) is 16.8. The molecule has 2 aromatic rings. The van der Waals surface area contributed by atoms with Crippen molar-refractivity contribution in [3.8, 4) is 11.5 Å². The summed E-state index contributed by atoms with van der Waals surface area (Å²) < 4.78 is 17.2. The molecule has 0 aromatic heterocycles. The van der Waals surface area contributed by atoms with Crippen LogP contribution in [0.2, 0.25) is 0 Å². The van der Waals surface area contributed by atoms with E-state index in [0.29, 0.717) is 30.4 Å². The number of anilines is 2. The van der Waals surface area contributed by atoms with E-state index in [1.807, 2.05) is 55.5 Å². The Labute approximate surface area is 171 Å². The zero-order chi connectivity index (χ0) is 20.5. The first-order valence-corrected chi connectivity index (χ1v) is 9.85. The van der Waals surface area contributed by atoms with Crippen molar-refractivity contribution in [3.05, 3.63) is 60.7 Å². The molecule has 6 nitrogen and oxygen atoms in total. The molecule has 1 fully saturated rings. The van der Waals surface area contributed by atoms with E-state index in [1.165, 1.54) is 0 Å². The number of benzene rings is 2. The minimum Gasteiger partial charge on any atom is -0.489 e. The van der Waals surface area contributed by atoms with E-state index in [9.17, 15) is 4.79 Å². The van der Waals surface area contributed by atoms with E-state index in [0.717, 1.165) is 30.7 Å². The molecule has 1 heterocycles. The van der Waals surface area contributed by atoms with Gasteiger partial charge in [-0.1, -0.05) is 30.8 Å². The van der Waals surface area contributed by atoms with Crippen LogP contribution in [0.15, 0.2) is 60.7 Å². The first-order chi connectivity index (χ1) is 14.1. The normalized spacial score (nSPS) is 15.6. The molecule has 0 aliphatic carbocycles. The van der Waals surface area contributed by atoms with Gasteiger partial charge in [0, 0.05) is 6.61 Å². The maximum absolute atomic E-state index is 12.5. The average molecular weight is 396 g/mol. The van der Waals surface area contributed by atoms with Gasteiger partial charge >= 0.3 is 0 Å². The molecule has 154 valence electrons. The fraction of sp³-hybridized carbons (Fsp3) is 0.348. The lowest BCUT2D eigenvalue weighted by atomic mass is 10.2. The standard InChI is InChI=1S/C23H28N2O4/c1-17(2)15-28-21-11-5-3-9-19(21)24-14-23(26)25-20-10-4-6-12-22(20)29-16-18-8-7-13-27-18/h3-6,9-12,18,24H,1,7-8,13-16H2,2H3,(H,25,26). The highest BCUT2D eigenvalue weighted by Crippen LogP contribution is 2.26. The number of para-hydroxylation sites is 4. The van der Waals surface area contributed by atoms with Crippen molar-refractivity contribution in [3.63, 3.8) is 0 Å². The Morgan fingerprint density at radius 1 is 1.10 bits per heavy atom. The fourth-order valence-electron chi connectivity index (χ4n) is 2.96. The molecule has 0 bridgehead atoms. The smallest absolute Gasteiger partial charge is 0.243 e. The van der Waals surface area contributed by atoms with Gasteiger partial charge in [0.15, 0.2) is 0 Å². The number of carbonyl (C=O) groups is 1. The lowest BCUT2D eigenvalue weighted by Gasteiger charge is -2.16. The second-order valence-electron chi connectivity index (χ2n) is 7.09. The van der Waals surface area contributed by atoms with Gasteiger partial charge in [0.25, 0.3) is 0 Å². The van der Waals surface area contributed by atoms with Crippen LogP contribution in [0.25, 0.3) is 0 Å². The molecule has 1 saturated heterocycles. The summed E-state index contributed by atoms with van der Waals surface area (Å²) in [4.78, 5) is 12.5. The molecule has 1 aliphatic rings. The number of amides is 1. The molecule has 1 aliphatic heterocycles. The maximum atomic E-state index is 12.5. The Morgan fingerprint density at radius 3 is 2.48 bits per heavy atom. The van der Waals surface area contributed by atoms with Gasteiger partial charge < -0.3 is 24.8 Å². The molecule has 1 unspecified atom stereocenters. The van der Waals surface area contributed by atoms with Crippen LogP contribution in [0.3, 0.4) is 0 Å². The van der Waals surface area contributed by atoms with Crippen LogP contribution in [-0.2, 0) is 9.53 Å². The lowest BCUT2D eigenvalue weighted by Crippen LogP contribution is -2.23. The van der Waals surface area contributed by atoms with E-state index < -0.39 is 0 Å². The Hall–Kier alpha value is -2.99. The van der Waals surface area contributed by atoms with Crippen molar-refractivity contribution in [1.82, 2.24) is 0 Å². The average Bonchev–Trinajstić information content (AvgIpc) is 3.24. The van der Waals surface area contributed by atoms with Crippen LogP contribution >= 0.6 is 0 Å². The first kappa shape index (κ1) is 20.7. The Bertz CT molecular complexity index is 831. The Kier molecular flexibility index (Phi) is 7.53. The second-order valence-corrected chi connectivity index (χ2v) is 7.09. The summed E-state index contributed by atoms with van der Waals surface area (Å²) >= 11 is 0. The largest absolute Gasteiger partial charge is 0.489 e. The van der Waals surface area contributed by atoms with Crippen molar-refractivity contribution in [1.29, 1.82) is 0 Å². The third kappa shape index (κ3) is 6.54. The van der Waals surface area contributed by atoms with Gasteiger partial charge in [-0.3, -0.25) is 4.79 Å². The zero-order valence-electron chi connectivity index (χ0n) is 16.8. The molecule has 0 radical (unpaired) electrons. The molecule has 29 heavy (non-hydrogen) atoms. The Morgan fingerprint density at radius 2 is 1.79 bits per heavy atom. The predicted molar refractivity (Wildman–Crippen MR) is 115 cm³/mol. The number of hydrogen-bond donors (Lipinski definition) is 2. The van der Waals surface area contributed by atoms with Gasteiger partial charge in [-0.15, -0.1) is 0 Å². The summed E-state index contributed by atoms with van der Waals surface area (Å²) in [6.07, 6.45) is 2.19. The second kappa shape index (κ2) is 10.5. The maximum Gasteiger partial charge on any atom is 0.243 e. The van der Waals surface area contributed by atoms with Gasteiger partial charge in [0.1, 0.15) is 24.7 Å². The van der Waals surface area contributed by atoms with Crippen molar-refractivity contribution in [2.75, 3.05) is 37.0 Å². The highest BCUT2D eigenvalue weighted by atomic mass is 16.5. The summed E-state index contributed by atoms with van der Waals surface area (Å²) in [7, 11) is 0. The summed E-state index contributed by atoms with van der Waals surface area (Å²) in [5.41, 5.74) is 2.33. The van der Waals surface area contributed by atoms with E-state index >= 15 is 0 Å². The van der Waals surface area contributed by atoms with Gasteiger partial charge in [0.2, 0.25) is 5.91 Å². The molecular formula is C23H28N2O4. The minimum atomic E-state index is -0.173. The molecule has 3 rings (SSSR count). The fourth-order valence-corrected chi connectivity index (χ4v) is 2.96. The van der Waals surface area contributed by atoms with Gasteiger partial charge in [0.05, 0.1) is 24.0 Å². The van der Waals surface area contributed by atoms with Crippen LogP contribution in [0.4, 0.5) is 11.4 Å². The third-order valence-electron chi connectivity index (χ3n) is 4.41. The van der Waals surface area contributed by atoms with Crippen LogP contribution in [0.5, 0.6) is 11.5 Å². The number of carbonyl (C=O) groups excluding carboxylic acids is 1. The van der Waals surface area contributed by atoms with Crippen molar-refractivity contribution < 1.29 is 19.0 Å². The highest BCUT2D eigenvalue weighted by molar-refractivity contribution is 5.95. The third-order valence-corrected chi connectivity index (χ3v) is 4.41. The minimum absolute atomic E-state index is 0.105. The SMILES string of the molecule is C=C(C)COc1ccccc1NCC(=O)Nc1ccccc1OCC1CCCO1. The number of hydrogen-bond acceptors (Lipinski definition) is 5. The molecule has 2 N–H and O–H groups in total. The highest BCUT2D eigenvalue weighted by Gasteiger charge is 2.17. The number of ether oxygens (including phenoxy) is 3. The molecule has 1 atom stereocenters. The topological polar surface area (TPSA) is 68.8 Å². The van der Waals surface area contributed by atoms with E-state index in [4.69, 9.17) is 14.2 Å². The molecular weight excluding hydrogens is 368 g/mol. The summed E-state index contributed by atoms with van der Waals surface area (Å²) in [6.45, 7) is 7.55. The molecule has 0 saturated carbocycles. The summed E-state index contributed by atoms with van der Waals surface area (Å²) in [5.74, 6) is 1.15. The van der Waals surface area contributed by atoms with Gasteiger partial charge in [-0.25, -0.2) is 0 Å². The van der Waals surface area contributed by atoms with Crippen LogP contribution in [-0.4, -0.2) is 38.4 Å². The Balaban J connectivity index is 1.54. The summed E-state index contributed by atoms with van der Waals surface area (Å²) in [6, 6.07) is 14.9. The van der Waals surface area contributed by atoms with E-state index in [2.05, 4.69) is 17.2 Å². The molecule has 2 aromatic carbocycles. The van der Waals surface area contributed by atoms with Crippen LogP contribution < -0.4 is 20.1 Å². The van der Waals surface area contributed by atoms with Crippen molar-refractivity contribution >= 4 is 17.3 Å². The monoisotopic (exact) mass is 396 g/mol. The summed E-state index contributed by atoms with van der Waals surface area (Å²) in [5, 5.41) is 6.03. The van der Waals surface area contributed by atoms with Crippen molar-refractivity contribution in [2.45, 2.75) is 25.9 Å². The van der Waals surface area contributed by atoms with E-state index in [1.54, 1.807) is 0 Å². The molecule has 6 heteroatoms. The number of rotatable bonds is 10. The quantitative estimate of drug-likeness (QED) is 0.588. The molecule has 1 amide bonds. The van der Waals surface area contributed by atoms with Crippen LogP contribution in [0, 0.1) is 0 Å². The van der Waals surface area contributed by atoms with Gasteiger partial charge in [-0.05, 0) is 49.6 Å².